The number of carbonyl (C=O) groups excluding carboxylic acids is 1. The van der Waals surface area contributed by atoms with E-state index in [-0.39, 0.29) is 5.78 Å². The van der Waals surface area contributed by atoms with E-state index in [9.17, 15) is 4.79 Å². The Morgan fingerprint density at radius 2 is 1.71 bits per heavy atom. The molecule has 4 rings (SSSR count). The number of hydrogen-bond acceptors (Lipinski definition) is 5. The number of ether oxygens (including phenoxy) is 1. The third-order valence-electron chi connectivity index (χ3n) is 4.27. The highest BCUT2D eigenvalue weighted by atomic mass is 16.5. The zero-order chi connectivity index (χ0) is 19.5. The van der Waals surface area contributed by atoms with Crippen LogP contribution in [0.25, 0.3) is 22.8 Å². The van der Waals surface area contributed by atoms with Gasteiger partial charge in [0.2, 0.25) is 0 Å². The van der Waals surface area contributed by atoms with E-state index in [4.69, 9.17) is 9.15 Å². The minimum atomic E-state index is -0.0899. The Labute approximate surface area is 162 Å². The van der Waals surface area contributed by atoms with Crippen LogP contribution in [-0.4, -0.2) is 15.8 Å². The maximum Gasteiger partial charge on any atom is 0.196 e. The number of carbonyl (C=O) groups is 1. The summed E-state index contributed by atoms with van der Waals surface area (Å²) in [4.78, 5) is 21.4. The van der Waals surface area contributed by atoms with E-state index in [1.807, 2.05) is 54.6 Å². The summed E-state index contributed by atoms with van der Waals surface area (Å²) in [6, 6.07) is 20.6. The smallest absolute Gasteiger partial charge is 0.196 e. The lowest BCUT2D eigenvalue weighted by Gasteiger charge is -2.12. The first kappa shape index (κ1) is 17.7. The van der Waals surface area contributed by atoms with Gasteiger partial charge in [0.25, 0.3) is 0 Å². The summed E-state index contributed by atoms with van der Waals surface area (Å²) in [5.74, 6) is 2.30. The molecule has 4 aromatic rings. The van der Waals surface area contributed by atoms with Gasteiger partial charge in [0.05, 0.1) is 23.2 Å². The molecule has 0 amide bonds. The van der Waals surface area contributed by atoms with Crippen LogP contribution in [-0.2, 0) is 0 Å². The molecule has 5 heteroatoms. The number of benzene rings is 2. The van der Waals surface area contributed by atoms with E-state index in [0.717, 1.165) is 11.3 Å². The van der Waals surface area contributed by atoms with Gasteiger partial charge in [-0.25, -0.2) is 9.97 Å². The molecule has 2 aromatic carbocycles. The van der Waals surface area contributed by atoms with Gasteiger partial charge in [-0.05, 0) is 50.2 Å². The van der Waals surface area contributed by atoms with Crippen LogP contribution in [0.1, 0.15) is 23.0 Å². The topological polar surface area (TPSA) is 65.2 Å². The van der Waals surface area contributed by atoms with Crippen molar-refractivity contribution in [2.45, 2.75) is 13.8 Å². The van der Waals surface area contributed by atoms with Crippen molar-refractivity contribution in [1.29, 1.82) is 0 Å². The summed E-state index contributed by atoms with van der Waals surface area (Å²) in [6.07, 6.45) is 1.57. The normalized spacial score (nSPS) is 10.6. The second kappa shape index (κ2) is 7.48. The van der Waals surface area contributed by atoms with Crippen LogP contribution in [0.15, 0.2) is 77.4 Å². The molecule has 0 saturated carbocycles. The third kappa shape index (κ3) is 3.55. The van der Waals surface area contributed by atoms with E-state index in [1.54, 1.807) is 25.3 Å². The Balaban J connectivity index is 1.81. The molecule has 138 valence electrons. The Morgan fingerprint density at radius 1 is 0.929 bits per heavy atom. The predicted molar refractivity (Wildman–Crippen MR) is 106 cm³/mol. The first-order chi connectivity index (χ1) is 13.6. The number of Topliss-reactive ketones (excluding diaryl/α,β-unsaturated/α-hetero) is 1. The predicted octanol–water partition coefficient (Wildman–Crippen LogP) is 5.71. The Hall–Kier alpha value is -3.73. The zero-order valence-electron chi connectivity index (χ0n) is 15.5. The molecule has 0 saturated heterocycles. The largest absolute Gasteiger partial charge is 0.461 e. The first-order valence-electron chi connectivity index (χ1n) is 8.88. The molecule has 2 heterocycles. The van der Waals surface area contributed by atoms with Gasteiger partial charge in [0, 0.05) is 5.56 Å². The Bertz CT molecular complexity index is 1120. The molecule has 0 atom stereocenters. The first-order valence-corrected chi connectivity index (χ1v) is 8.88. The molecule has 2 aromatic heterocycles. The van der Waals surface area contributed by atoms with Gasteiger partial charge >= 0.3 is 0 Å². The molecule has 0 aliphatic rings. The van der Waals surface area contributed by atoms with Gasteiger partial charge in [-0.3, -0.25) is 4.79 Å². The number of rotatable bonds is 5. The van der Waals surface area contributed by atoms with Crippen molar-refractivity contribution >= 4 is 5.78 Å². The van der Waals surface area contributed by atoms with Crippen LogP contribution in [0.5, 0.6) is 11.5 Å². The summed E-state index contributed by atoms with van der Waals surface area (Å²) in [6.45, 7) is 3.32. The monoisotopic (exact) mass is 370 g/mol. The molecular weight excluding hydrogens is 352 g/mol. The number of para-hydroxylation sites is 1. The summed E-state index contributed by atoms with van der Waals surface area (Å²) >= 11 is 0. The molecule has 0 N–H and O–H groups in total. The maximum atomic E-state index is 12.3. The van der Waals surface area contributed by atoms with E-state index in [2.05, 4.69) is 9.97 Å². The van der Waals surface area contributed by atoms with Crippen molar-refractivity contribution in [1.82, 2.24) is 9.97 Å². The highest BCUT2D eigenvalue weighted by molar-refractivity contribution is 6.01. The molecule has 5 nitrogen and oxygen atoms in total. The molecular formula is C23H18N2O3. The quantitative estimate of drug-likeness (QED) is 0.421. The van der Waals surface area contributed by atoms with Crippen LogP contribution < -0.4 is 4.74 Å². The van der Waals surface area contributed by atoms with E-state index in [0.29, 0.717) is 34.3 Å². The summed E-state index contributed by atoms with van der Waals surface area (Å²) in [5, 5.41) is 0. The minimum absolute atomic E-state index is 0.0899. The number of aryl methyl sites for hydroxylation is 1. The minimum Gasteiger partial charge on any atom is -0.461 e. The van der Waals surface area contributed by atoms with Gasteiger partial charge in [-0.15, -0.1) is 0 Å². The maximum absolute atomic E-state index is 12.3. The lowest BCUT2D eigenvalue weighted by atomic mass is 10.0. The van der Waals surface area contributed by atoms with Gasteiger partial charge < -0.3 is 9.15 Å². The Kier molecular flexibility index (Phi) is 4.72. The second-order valence-corrected chi connectivity index (χ2v) is 6.33. The molecule has 0 radical (unpaired) electrons. The SMILES string of the molecule is CC(=O)c1c(C)nc(-c2ccco2)nc1-c1cccc(Oc2ccccc2)c1. The van der Waals surface area contributed by atoms with Crippen molar-refractivity contribution < 1.29 is 13.9 Å². The van der Waals surface area contributed by atoms with Crippen molar-refractivity contribution in [3.63, 3.8) is 0 Å². The molecule has 0 aliphatic carbocycles. The third-order valence-corrected chi connectivity index (χ3v) is 4.27. The van der Waals surface area contributed by atoms with Crippen molar-refractivity contribution in [3.05, 3.63) is 84.3 Å². The number of aromatic nitrogens is 2. The average molecular weight is 370 g/mol. The van der Waals surface area contributed by atoms with E-state index in [1.165, 1.54) is 6.92 Å². The molecule has 0 unspecified atom stereocenters. The van der Waals surface area contributed by atoms with Crippen LogP contribution in [0.2, 0.25) is 0 Å². The fraction of sp³-hybridized carbons (Fsp3) is 0.0870. The van der Waals surface area contributed by atoms with E-state index < -0.39 is 0 Å². The van der Waals surface area contributed by atoms with Crippen LogP contribution >= 0.6 is 0 Å². The Morgan fingerprint density at radius 3 is 2.43 bits per heavy atom. The van der Waals surface area contributed by atoms with Crippen molar-refractivity contribution in [2.24, 2.45) is 0 Å². The molecule has 28 heavy (non-hydrogen) atoms. The van der Waals surface area contributed by atoms with E-state index >= 15 is 0 Å². The zero-order valence-corrected chi connectivity index (χ0v) is 15.5. The fourth-order valence-corrected chi connectivity index (χ4v) is 3.05. The van der Waals surface area contributed by atoms with Gasteiger partial charge in [0.15, 0.2) is 17.4 Å². The van der Waals surface area contributed by atoms with Gasteiger partial charge in [-0.2, -0.15) is 0 Å². The lowest BCUT2D eigenvalue weighted by Crippen LogP contribution is -2.06. The lowest BCUT2D eigenvalue weighted by molar-refractivity contribution is 0.101. The number of ketones is 1. The average Bonchev–Trinajstić information content (AvgIpc) is 3.23. The summed E-state index contributed by atoms with van der Waals surface area (Å²) < 4.78 is 11.4. The molecule has 0 spiro atoms. The van der Waals surface area contributed by atoms with Gasteiger partial charge in [0.1, 0.15) is 11.5 Å². The molecule has 0 fully saturated rings. The highest BCUT2D eigenvalue weighted by Gasteiger charge is 2.19. The summed E-state index contributed by atoms with van der Waals surface area (Å²) in [5.41, 5.74) is 2.44. The number of nitrogens with zero attached hydrogens (tertiary/aromatic N) is 2. The van der Waals surface area contributed by atoms with Gasteiger partial charge in [-0.1, -0.05) is 30.3 Å². The fourth-order valence-electron chi connectivity index (χ4n) is 3.05. The van der Waals surface area contributed by atoms with Crippen LogP contribution in [0, 0.1) is 6.92 Å². The number of furan rings is 1. The standard InChI is InChI=1S/C23H18N2O3/c1-15-21(16(2)26)22(25-23(24-15)20-12-7-13-27-20)17-8-6-11-19(14-17)28-18-9-4-3-5-10-18/h3-14H,1-2H3. The van der Waals surface area contributed by atoms with Crippen molar-refractivity contribution in [3.8, 4) is 34.3 Å². The molecule has 0 bridgehead atoms. The van der Waals surface area contributed by atoms with Crippen LogP contribution in [0.4, 0.5) is 0 Å². The second-order valence-electron chi connectivity index (χ2n) is 6.33. The molecule has 0 aliphatic heterocycles. The highest BCUT2D eigenvalue weighted by Crippen LogP contribution is 2.31. The van der Waals surface area contributed by atoms with Crippen molar-refractivity contribution in [2.75, 3.05) is 0 Å². The number of hydrogen-bond donors (Lipinski definition) is 0. The summed E-state index contributed by atoms with van der Waals surface area (Å²) in [7, 11) is 0. The van der Waals surface area contributed by atoms with Crippen LogP contribution in [0.3, 0.4) is 0 Å².